The molecule has 0 aromatic heterocycles. The fourth-order valence-electron chi connectivity index (χ4n) is 3.14. The number of amides is 1. The largest absolute Gasteiger partial charge is 0.507 e. The molecule has 0 fully saturated rings. The Balaban J connectivity index is 2.48. The molecule has 6 nitrogen and oxygen atoms in total. The lowest BCUT2D eigenvalue weighted by molar-refractivity contribution is -0.143. The molecule has 0 spiro atoms. The average molecular weight is 435 g/mol. The van der Waals surface area contributed by atoms with Gasteiger partial charge in [0.2, 0.25) is 0 Å². The maximum absolute atomic E-state index is 14.8. The third-order valence-corrected chi connectivity index (χ3v) is 4.31. The Morgan fingerprint density at radius 2 is 1.84 bits per heavy atom. The first-order chi connectivity index (χ1) is 14.4. The number of carbonyl (C=O) groups is 2. The third kappa shape index (κ3) is 6.67. The van der Waals surface area contributed by atoms with Crippen LogP contribution in [0.4, 0.5) is 13.6 Å². The summed E-state index contributed by atoms with van der Waals surface area (Å²) in [5, 5.41) is 12.7. The molecule has 0 bridgehead atoms. The zero-order chi connectivity index (χ0) is 23.3. The monoisotopic (exact) mass is 435 g/mol. The van der Waals surface area contributed by atoms with Crippen molar-refractivity contribution in [1.82, 2.24) is 5.32 Å². The Morgan fingerprint density at radius 3 is 2.42 bits per heavy atom. The Bertz CT molecular complexity index is 946. The van der Waals surface area contributed by atoms with Crippen molar-refractivity contribution in [2.45, 2.75) is 52.7 Å². The summed E-state index contributed by atoms with van der Waals surface area (Å²) in [6, 6.07) is 5.09. The predicted molar refractivity (Wildman–Crippen MR) is 112 cm³/mol. The third-order valence-electron chi connectivity index (χ3n) is 4.31. The molecule has 0 heterocycles. The minimum Gasteiger partial charge on any atom is -0.507 e. The zero-order valence-electron chi connectivity index (χ0n) is 18.2. The fraction of sp³-hybridized carbons (Fsp3) is 0.391. The lowest BCUT2D eigenvalue weighted by Gasteiger charge is -2.24. The molecule has 8 heteroatoms. The number of nitrogens with one attached hydrogen (secondary N) is 1. The molecule has 1 atom stereocenters. The number of aryl methyl sites for hydroxylation is 1. The van der Waals surface area contributed by atoms with Crippen LogP contribution >= 0.6 is 0 Å². The molecule has 0 unspecified atom stereocenters. The van der Waals surface area contributed by atoms with Crippen molar-refractivity contribution in [2.24, 2.45) is 0 Å². The van der Waals surface area contributed by atoms with Crippen molar-refractivity contribution in [1.29, 1.82) is 0 Å². The molecular weight excluding hydrogens is 408 g/mol. The molecule has 2 N–H and O–H groups in total. The number of halogens is 2. The van der Waals surface area contributed by atoms with Gasteiger partial charge in [0.15, 0.2) is 0 Å². The number of alkyl carbamates (subject to hydrolysis) is 1. The van der Waals surface area contributed by atoms with Gasteiger partial charge in [0.05, 0.1) is 19.1 Å². The van der Waals surface area contributed by atoms with Gasteiger partial charge >= 0.3 is 12.1 Å². The van der Waals surface area contributed by atoms with E-state index in [1.165, 1.54) is 18.2 Å². The Morgan fingerprint density at radius 1 is 1.16 bits per heavy atom. The van der Waals surface area contributed by atoms with E-state index in [1.54, 1.807) is 34.6 Å². The van der Waals surface area contributed by atoms with Gasteiger partial charge in [-0.25, -0.2) is 13.6 Å². The van der Waals surface area contributed by atoms with Crippen molar-refractivity contribution < 1.29 is 33.0 Å². The smallest absolute Gasteiger partial charge is 0.408 e. The Labute approximate surface area is 180 Å². The molecule has 0 aliphatic heterocycles. The van der Waals surface area contributed by atoms with Crippen molar-refractivity contribution in [3.8, 4) is 16.9 Å². The standard InChI is InChI=1S/C23H27F2NO5/c1-6-30-20(28)12-18(26-22(29)31-23(3,4)5)16-10-14(7-8-17(16)25)21-13(2)9-15(24)11-19(21)27/h7-11,18,27H,6,12H2,1-5H3,(H,26,29)/t18-/m0/s1. The summed E-state index contributed by atoms with van der Waals surface area (Å²) in [7, 11) is 0. The number of esters is 1. The summed E-state index contributed by atoms with van der Waals surface area (Å²) in [5.41, 5.74) is 0.355. The van der Waals surface area contributed by atoms with Gasteiger partial charge < -0.3 is 19.9 Å². The summed E-state index contributed by atoms with van der Waals surface area (Å²) >= 11 is 0. The highest BCUT2D eigenvalue weighted by atomic mass is 19.1. The second-order valence-electron chi connectivity index (χ2n) is 8.06. The van der Waals surface area contributed by atoms with E-state index in [0.717, 1.165) is 12.1 Å². The maximum atomic E-state index is 14.8. The van der Waals surface area contributed by atoms with E-state index < -0.39 is 35.3 Å². The Hall–Kier alpha value is -3.16. The van der Waals surface area contributed by atoms with Crippen LogP contribution in [0, 0.1) is 18.6 Å². The van der Waals surface area contributed by atoms with Crippen LogP contribution in [0.1, 0.15) is 51.3 Å². The first-order valence-electron chi connectivity index (χ1n) is 9.85. The van der Waals surface area contributed by atoms with Crippen LogP contribution in [0.25, 0.3) is 11.1 Å². The lowest BCUT2D eigenvalue weighted by Crippen LogP contribution is -2.36. The van der Waals surface area contributed by atoms with Crippen LogP contribution in [-0.2, 0) is 14.3 Å². The minimum atomic E-state index is -1.09. The second kappa shape index (κ2) is 9.76. The first kappa shape index (κ1) is 24.1. The van der Waals surface area contributed by atoms with Crippen LogP contribution in [-0.4, -0.2) is 29.4 Å². The topological polar surface area (TPSA) is 84.9 Å². The highest BCUT2D eigenvalue weighted by Crippen LogP contribution is 2.35. The van der Waals surface area contributed by atoms with Gasteiger partial charge in [-0.3, -0.25) is 4.79 Å². The van der Waals surface area contributed by atoms with Crippen molar-refractivity contribution >= 4 is 12.1 Å². The number of ether oxygens (including phenoxy) is 2. The molecule has 31 heavy (non-hydrogen) atoms. The molecular formula is C23H27F2NO5. The number of hydrogen-bond donors (Lipinski definition) is 2. The summed E-state index contributed by atoms with van der Waals surface area (Å²) in [6.45, 7) is 8.39. The number of benzene rings is 2. The zero-order valence-corrected chi connectivity index (χ0v) is 18.2. The van der Waals surface area contributed by atoms with Crippen LogP contribution in [0.15, 0.2) is 30.3 Å². The lowest BCUT2D eigenvalue weighted by atomic mass is 9.94. The second-order valence-corrected chi connectivity index (χ2v) is 8.06. The number of rotatable bonds is 6. The van der Waals surface area contributed by atoms with E-state index in [1.807, 2.05) is 0 Å². The van der Waals surface area contributed by atoms with Gasteiger partial charge in [-0.2, -0.15) is 0 Å². The number of phenols is 1. The normalized spacial score (nSPS) is 12.2. The SMILES string of the molecule is CCOC(=O)C[C@H](NC(=O)OC(C)(C)C)c1cc(-c2c(C)cc(F)cc2O)ccc1F. The number of hydrogen-bond acceptors (Lipinski definition) is 5. The molecule has 1 amide bonds. The molecule has 2 aromatic carbocycles. The van der Waals surface area contributed by atoms with E-state index in [4.69, 9.17) is 9.47 Å². The van der Waals surface area contributed by atoms with Gasteiger partial charge in [0.25, 0.3) is 0 Å². The van der Waals surface area contributed by atoms with E-state index in [9.17, 15) is 23.5 Å². The number of phenolic OH excluding ortho intramolecular Hbond substituents is 1. The van der Waals surface area contributed by atoms with Crippen molar-refractivity contribution in [3.05, 3.63) is 53.1 Å². The van der Waals surface area contributed by atoms with Gasteiger partial charge in [-0.15, -0.1) is 0 Å². The molecule has 0 aliphatic rings. The summed E-state index contributed by atoms with van der Waals surface area (Å²) < 4.78 is 38.5. The Kier molecular flexibility index (Phi) is 7.60. The summed E-state index contributed by atoms with van der Waals surface area (Å²) in [5.74, 6) is -2.22. The summed E-state index contributed by atoms with van der Waals surface area (Å²) in [6.07, 6.45) is -1.16. The first-order valence-corrected chi connectivity index (χ1v) is 9.85. The van der Waals surface area contributed by atoms with Crippen LogP contribution in [0.5, 0.6) is 5.75 Å². The van der Waals surface area contributed by atoms with Crippen molar-refractivity contribution in [3.63, 3.8) is 0 Å². The predicted octanol–water partition coefficient (Wildman–Crippen LogP) is 5.16. The van der Waals surface area contributed by atoms with E-state index in [2.05, 4.69) is 5.32 Å². The van der Waals surface area contributed by atoms with Gasteiger partial charge in [0, 0.05) is 17.2 Å². The van der Waals surface area contributed by atoms with E-state index in [0.29, 0.717) is 16.7 Å². The minimum absolute atomic E-state index is 0.000428. The molecule has 0 aliphatic carbocycles. The van der Waals surface area contributed by atoms with Gasteiger partial charge in [-0.1, -0.05) is 6.07 Å². The van der Waals surface area contributed by atoms with Crippen LogP contribution in [0.3, 0.4) is 0 Å². The van der Waals surface area contributed by atoms with Gasteiger partial charge in [-0.05, 0) is 63.9 Å². The maximum Gasteiger partial charge on any atom is 0.408 e. The quantitative estimate of drug-likeness (QED) is 0.612. The molecule has 168 valence electrons. The highest BCUT2D eigenvalue weighted by Gasteiger charge is 2.26. The average Bonchev–Trinajstić information content (AvgIpc) is 2.60. The molecule has 2 rings (SSSR count). The van der Waals surface area contributed by atoms with E-state index >= 15 is 0 Å². The van der Waals surface area contributed by atoms with Crippen molar-refractivity contribution in [2.75, 3.05) is 6.61 Å². The molecule has 0 saturated heterocycles. The number of aromatic hydroxyl groups is 1. The molecule has 0 radical (unpaired) electrons. The summed E-state index contributed by atoms with van der Waals surface area (Å²) in [4.78, 5) is 24.4. The van der Waals surface area contributed by atoms with E-state index in [-0.39, 0.29) is 24.3 Å². The fourth-order valence-corrected chi connectivity index (χ4v) is 3.14. The number of carbonyl (C=O) groups excluding carboxylic acids is 2. The van der Waals surface area contributed by atoms with Crippen LogP contribution in [0.2, 0.25) is 0 Å². The highest BCUT2D eigenvalue weighted by molar-refractivity contribution is 5.76. The van der Waals surface area contributed by atoms with Crippen LogP contribution < -0.4 is 5.32 Å². The molecule has 2 aromatic rings. The van der Waals surface area contributed by atoms with Gasteiger partial charge in [0.1, 0.15) is 23.0 Å². The molecule has 0 saturated carbocycles.